The van der Waals surface area contributed by atoms with Gasteiger partial charge >= 0.3 is 0 Å². The molecule has 0 bridgehead atoms. The van der Waals surface area contributed by atoms with E-state index in [0.717, 1.165) is 28.7 Å². The Morgan fingerprint density at radius 2 is 1.80 bits per heavy atom. The SMILES string of the molecule is Cc1cc2c(c3c1C(=O)NC3=O)C(OCc1ccccc1)C(C)(C)C2. The van der Waals surface area contributed by atoms with Crippen molar-refractivity contribution in [2.45, 2.75) is 39.9 Å². The van der Waals surface area contributed by atoms with Gasteiger partial charge in [0.1, 0.15) is 0 Å². The van der Waals surface area contributed by atoms with Crippen molar-refractivity contribution in [2.24, 2.45) is 5.41 Å². The monoisotopic (exact) mass is 335 g/mol. The van der Waals surface area contributed by atoms with Crippen molar-refractivity contribution in [2.75, 3.05) is 0 Å². The largest absolute Gasteiger partial charge is 0.368 e. The van der Waals surface area contributed by atoms with Crippen molar-refractivity contribution in [3.8, 4) is 0 Å². The van der Waals surface area contributed by atoms with Crippen molar-refractivity contribution < 1.29 is 14.3 Å². The van der Waals surface area contributed by atoms with Crippen LogP contribution in [0.3, 0.4) is 0 Å². The average molecular weight is 335 g/mol. The predicted octanol–water partition coefficient (Wildman–Crippen LogP) is 3.72. The first-order valence-electron chi connectivity index (χ1n) is 8.56. The molecule has 0 fully saturated rings. The standard InChI is InChI=1S/C21H21NO3/c1-12-9-14-10-21(2,3)18(25-11-13-7-5-4-6-8-13)16(14)17-15(12)19(23)22-20(17)24/h4-9,18H,10-11H2,1-3H3,(H,22,23,24). The van der Waals surface area contributed by atoms with Crippen molar-refractivity contribution in [3.05, 3.63) is 69.8 Å². The fourth-order valence-corrected chi connectivity index (χ4v) is 4.14. The molecule has 0 spiro atoms. The molecular formula is C21H21NO3. The number of aryl methyl sites for hydroxylation is 1. The van der Waals surface area contributed by atoms with Crippen molar-refractivity contribution in [1.29, 1.82) is 0 Å². The second-order valence-corrected chi connectivity index (χ2v) is 7.64. The van der Waals surface area contributed by atoms with E-state index in [1.165, 1.54) is 0 Å². The topological polar surface area (TPSA) is 55.4 Å². The molecule has 1 atom stereocenters. The summed E-state index contributed by atoms with van der Waals surface area (Å²) in [6.45, 7) is 6.67. The highest BCUT2D eigenvalue weighted by Crippen LogP contribution is 2.50. The highest BCUT2D eigenvalue weighted by atomic mass is 16.5. The van der Waals surface area contributed by atoms with Gasteiger partial charge in [0, 0.05) is 0 Å². The lowest BCUT2D eigenvalue weighted by Gasteiger charge is -2.28. The van der Waals surface area contributed by atoms with Crippen LogP contribution >= 0.6 is 0 Å². The lowest BCUT2D eigenvalue weighted by molar-refractivity contribution is -0.0271. The lowest BCUT2D eigenvalue weighted by atomic mass is 9.86. The number of hydrogen-bond donors (Lipinski definition) is 1. The number of carbonyl (C=O) groups excluding carboxylic acids is 2. The van der Waals surface area contributed by atoms with Gasteiger partial charge in [-0.3, -0.25) is 14.9 Å². The van der Waals surface area contributed by atoms with Crippen LogP contribution in [0, 0.1) is 12.3 Å². The number of benzene rings is 2. The molecule has 128 valence electrons. The van der Waals surface area contributed by atoms with E-state index in [1.807, 2.05) is 43.3 Å². The first-order chi connectivity index (χ1) is 11.9. The number of hydrogen-bond acceptors (Lipinski definition) is 3. The highest BCUT2D eigenvalue weighted by Gasteiger charge is 2.45. The predicted molar refractivity (Wildman–Crippen MR) is 94.4 cm³/mol. The van der Waals surface area contributed by atoms with Crippen LogP contribution in [-0.2, 0) is 17.8 Å². The molecule has 0 radical (unpaired) electrons. The first kappa shape index (κ1) is 16.0. The molecule has 2 aliphatic rings. The van der Waals surface area contributed by atoms with Crippen LogP contribution in [0.25, 0.3) is 0 Å². The van der Waals surface area contributed by atoms with Crippen LogP contribution in [0.2, 0.25) is 0 Å². The number of nitrogens with one attached hydrogen (secondary N) is 1. The zero-order valence-corrected chi connectivity index (χ0v) is 14.7. The average Bonchev–Trinajstić information content (AvgIpc) is 2.98. The van der Waals surface area contributed by atoms with Gasteiger partial charge in [0.15, 0.2) is 0 Å². The van der Waals surface area contributed by atoms with Gasteiger partial charge in [-0.2, -0.15) is 0 Å². The van der Waals surface area contributed by atoms with Gasteiger partial charge in [0.05, 0.1) is 23.8 Å². The molecule has 1 N–H and O–H groups in total. The molecule has 4 rings (SSSR count). The van der Waals surface area contributed by atoms with Gasteiger partial charge in [0.25, 0.3) is 11.8 Å². The molecule has 1 heterocycles. The Labute approximate surface area is 147 Å². The summed E-state index contributed by atoms with van der Waals surface area (Å²) in [5, 5.41) is 2.44. The number of fused-ring (bicyclic) bond motifs is 3. The molecule has 4 nitrogen and oxygen atoms in total. The number of rotatable bonds is 3. The molecule has 25 heavy (non-hydrogen) atoms. The van der Waals surface area contributed by atoms with E-state index >= 15 is 0 Å². The Bertz CT molecular complexity index is 884. The maximum atomic E-state index is 12.4. The molecule has 4 heteroatoms. The quantitative estimate of drug-likeness (QED) is 0.870. The van der Waals surface area contributed by atoms with Gasteiger partial charge in [-0.1, -0.05) is 50.2 Å². The van der Waals surface area contributed by atoms with E-state index in [9.17, 15) is 9.59 Å². The number of ether oxygens (including phenoxy) is 1. The van der Waals surface area contributed by atoms with Crippen LogP contribution < -0.4 is 5.32 Å². The fraction of sp³-hybridized carbons (Fsp3) is 0.333. The van der Waals surface area contributed by atoms with Gasteiger partial charge in [-0.05, 0) is 41.0 Å². The van der Waals surface area contributed by atoms with Crippen LogP contribution in [0.4, 0.5) is 0 Å². The van der Waals surface area contributed by atoms with E-state index in [2.05, 4.69) is 19.2 Å². The minimum atomic E-state index is -0.300. The summed E-state index contributed by atoms with van der Waals surface area (Å²) in [4.78, 5) is 24.6. The minimum Gasteiger partial charge on any atom is -0.368 e. The summed E-state index contributed by atoms with van der Waals surface area (Å²) in [5.41, 5.74) is 4.85. The molecule has 0 saturated heterocycles. The van der Waals surface area contributed by atoms with Gasteiger partial charge < -0.3 is 4.74 Å². The molecular weight excluding hydrogens is 314 g/mol. The summed E-state index contributed by atoms with van der Waals surface area (Å²) in [5.74, 6) is -0.599. The minimum absolute atomic E-state index is 0.134. The van der Waals surface area contributed by atoms with E-state index in [-0.39, 0.29) is 23.3 Å². The van der Waals surface area contributed by atoms with Gasteiger partial charge in [0.2, 0.25) is 0 Å². The molecule has 0 aromatic heterocycles. The molecule has 2 aromatic rings. The van der Waals surface area contributed by atoms with E-state index in [4.69, 9.17) is 4.74 Å². The maximum absolute atomic E-state index is 12.4. The molecule has 1 aliphatic heterocycles. The normalized spacial score (nSPS) is 20.4. The zero-order valence-electron chi connectivity index (χ0n) is 14.7. The Balaban J connectivity index is 1.78. The third-order valence-corrected chi connectivity index (χ3v) is 5.21. The molecule has 1 aliphatic carbocycles. The summed E-state index contributed by atoms with van der Waals surface area (Å²) in [6, 6.07) is 12.0. The van der Waals surface area contributed by atoms with Gasteiger partial charge in [-0.25, -0.2) is 0 Å². The first-order valence-corrected chi connectivity index (χ1v) is 8.56. The fourth-order valence-electron chi connectivity index (χ4n) is 4.14. The van der Waals surface area contributed by atoms with Crippen LogP contribution in [0.1, 0.15) is 62.9 Å². The third-order valence-electron chi connectivity index (χ3n) is 5.21. The van der Waals surface area contributed by atoms with E-state index < -0.39 is 0 Å². The summed E-state index contributed by atoms with van der Waals surface area (Å²) < 4.78 is 6.29. The van der Waals surface area contributed by atoms with E-state index in [0.29, 0.717) is 17.7 Å². The lowest BCUT2D eigenvalue weighted by Crippen LogP contribution is -2.23. The van der Waals surface area contributed by atoms with Crippen LogP contribution in [0.15, 0.2) is 36.4 Å². The van der Waals surface area contributed by atoms with Crippen LogP contribution in [-0.4, -0.2) is 11.8 Å². The Morgan fingerprint density at radius 1 is 1.12 bits per heavy atom. The summed E-state index contributed by atoms with van der Waals surface area (Å²) in [7, 11) is 0. The zero-order chi connectivity index (χ0) is 17.8. The van der Waals surface area contributed by atoms with Gasteiger partial charge in [-0.15, -0.1) is 0 Å². The second-order valence-electron chi connectivity index (χ2n) is 7.64. The van der Waals surface area contributed by atoms with Crippen molar-refractivity contribution in [3.63, 3.8) is 0 Å². The summed E-state index contributed by atoms with van der Waals surface area (Å²) in [6.07, 6.45) is 0.617. The Hall–Kier alpha value is -2.46. The molecule has 2 aromatic carbocycles. The van der Waals surface area contributed by atoms with Crippen LogP contribution in [0.5, 0.6) is 0 Å². The Morgan fingerprint density at radius 3 is 2.52 bits per heavy atom. The summed E-state index contributed by atoms with van der Waals surface area (Å²) >= 11 is 0. The van der Waals surface area contributed by atoms with Crippen molar-refractivity contribution in [1.82, 2.24) is 5.32 Å². The Kier molecular flexibility index (Phi) is 3.55. The number of amides is 2. The second kappa shape index (κ2) is 5.53. The molecule has 0 saturated carbocycles. The smallest absolute Gasteiger partial charge is 0.259 e. The third kappa shape index (κ3) is 2.48. The molecule has 2 amide bonds. The maximum Gasteiger partial charge on any atom is 0.259 e. The number of carbonyl (C=O) groups is 2. The molecule has 1 unspecified atom stereocenters. The highest BCUT2D eigenvalue weighted by molar-refractivity contribution is 6.23. The van der Waals surface area contributed by atoms with E-state index in [1.54, 1.807) is 0 Å². The van der Waals surface area contributed by atoms with Crippen molar-refractivity contribution >= 4 is 11.8 Å². The number of imide groups is 1.